The lowest BCUT2D eigenvalue weighted by Gasteiger charge is -2.14. The molecule has 0 radical (unpaired) electrons. The Bertz CT molecular complexity index is 812. The van der Waals surface area contributed by atoms with Crippen LogP contribution in [-0.2, 0) is 7.05 Å². The Hall–Kier alpha value is -2.55. The molecule has 3 heteroatoms. The normalized spacial score (nSPS) is 10.8. The number of aromatic nitrogens is 3. The number of pyridine rings is 1. The number of rotatable bonds is 2. The van der Waals surface area contributed by atoms with Crippen molar-refractivity contribution in [3.8, 4) is 16.9 Å². The van der Waals surface area contributed by atoms with E-state index in [4.69, 9.17) is 0 Å². The minimum Gasteiger partial charge on any atom is -0.233 e. The van der Waals surface area contributed by atoms with Crippen molar-refractivity contribution in [2.75, 3.05) is 0 Å². The molecule has 1 aromatic carbocycles. The second-order valence-electron chi connectivity index (χ2n) is 6.15. The highest BCUT2D eigenvalue weighted by Gasteiger charge is 2.23. The summed E-state index contributed by atoms with van der Waals surface area (Å²) in [5.74, 6) is 0. The topological polar surface area (TPSA) is 20.6 Å². The lowest BCUT2D eigenvalue weighted by Crippen LogP contribution is -2.36. The Labute approximate surface area is 137 Å². The first-order valence-electron chi connectivity index (χ1n) is 7.89. The van der Waals surface area contributed by atoms with Gasteiger partial charge in [-0.2, -0.15) is 4.57 Å². The van der Waals surface area contributed by atoms with Crippen LogP contribution in [0.15, 0.2) is 49.1 Å². The van der Waals surface area contributed by atoms with Gasteiger partial charge in [-0.25, -0.2) is 4.57 Å². The van der Waals surface area contributed by atoms with E-state index in [1.54, 1.807) is 0 Å². The predicted molar refractivity (Wildman–Crippen MR) is 91.3 cm³/mol. The highest BCUT2D eigenvalue weighted by molar-refractivity contribution is 5.70. The molecule has 0 atom stereocenters. The molecule has 0 amide bonds. The molecule has 0 saturated heterocycles. The molecule has 0 bridgehead atoms. The molecule has 2 aromatic heterocycles. The van der Waals surface area contributed by atoms with Crippen molar-refractivity contribution in [2.24, 2.45) is 7.05 Å². The second kappa shape index (κ2) is 5.92. The van der Waals surface area contributed by atoms with E-state index in [1.807, 2.05) is 19.6 Å². The summed E-state index contributed by atoms with van der Waals surface area (Å²) in [5.41, 5.74) is 8.84. The number of hydrogen-bond acceptors (Lipinski definition) is 1. The number of nitrogens with zero attached hydrogens (tertiary/aromatic N) is 3. The summed E-state index contributed by atoms with van der Waals surface area (Å²) in [6, 6.07) is 10.7. The maximum atomic E-state index is 4.20. The van der Waals surface area contributed by atoms with Crippen LogP contribution < -0.4 is 9.13 Å². The number of hydrogen-bond donors (Lipinski definition) is 0. The SMILES string of the molecule is Cc1cc(C)c(-[n+]2ccccc2C)c(C)c1-c1ccnc[n+]1C. The van der Waals surface area contributed by atoms with Gasteiger partial charge < -0.3 is 0 Å². The quantitative estimate of drug-likeness (QED) is 0.666. The maximum Gasteiger partial charge on any atom is 0.286 e. The zero-order valence-corrected chi connectivity index (χ0v) is 14.5. The smallest absolute Gasteiger partial charge is 0.233 e. The molecule has 0 aliphatic heterocycles. The Kier molecular flexibility index (Phi) is 3.95. The molecule has 2 heterocycles. The first kappa shape index (κ1) is 15.3. The van der Waals surface area contributed by atoms with Gasteiger partial charge in [0.2, 0.25) is 5.69 Å². The van der Waals surface area contributed by atoms with E-state index in [1.165, 1.54) is 39.3 Å². The van der Waals surface area contributed by atoms with Crippen LogP contribution in [0.5, 0.6) is 0 Å². The monoisotopic (exact) mass is 305 g/mol. The van der Waals surface area contributed by atoms with Crippen molar-refractivity contribution in [1.29, 1.82) is 0 Å². The van der Waals surface area contributed by atoms with Crippen molar-refractivity contribution in [1.82, 2.24) is 4.98 Å². The molecule has 0 fully saturated rings. The lowest BCUT2D eigenvalue weighted by molar-refractivity contribution is -0.663. The number of aryl methyl sites for hydroxylation is 4. The number of benzene rings is 1. The Balaban J connectivity index is 2.35. The molecule has 3 rings (SSSR count). The maximum absolute atomic E-state index is 4.20. The van der Waals surface area contributed by atoms with Crippen LogP contribution in [0.3, 0.4) is 0 Å². The average Bonchev–Trinajstić information content (AvgIpc) is 2.50. The lowest BCUT2D eigenvalue weighted by atomic mass is 9.94. The first-order chi connectivity index (χ1) is 11.0. The van der Waals surface area contributed by atoms with Gasteiger partial charge in [-0.15, -0.1) is 0 Å². The van der Waals surface area contributed by atoms with Gasteiger partial charge in [-0.1, -0.05) is 11.1 Å². The van der Waals surface area contributed by atoms with Crippen LogP contribution in [-0.4, -0.2) is 4.98 Å². The van der Waals surface area contributed by atoms with Crippen LogP contribution in [0.1, 0.15) is 22.4 Å². The van der Waals surface area contributed by atoms with Crippen LogP contribution in [0.25, 0.3) is 16.9 Å². The summed E-state index contributed by atoms with van der Waals surface area (Å²) in [7, 11) is 2.04. The fourth-order valence-corrected chi connectivity index (χ4v) is 3.41. The molecule has 0 aliphatic rings. The summed E-state index contributed by atoms with van der Waals surface area (Å²) in [6.07, 6.45) is 5.85. The molecule has 3 nitrogen and oxygen atoms in total. The van der Waals surface area contributed by atoms with Crippen LogP contribution in [0, 0.1) is 27.7 Å². The molecule has 0 saturated carbocycles. The van der Waals surface area contributed by atoms with E-state index in [0.717, 1.165) is 0 Å². The van der Waals surface area contributed by atoms with Crippen molar-refractivity contribution >= 4 is 0 Å². The van der Waals surface area contributed by atoms with Gasteiger partial charge in [0.1, 0.15) is 11.9 Å². The van der Waals surface area contributed by atoms with Gasteiger partial charge in [0.05, 0.1) is 7.05 Å². The van der Waals surface area contributed by atoms with Crippen LogP contribution in [0.2, 0.25) is 0 Å². The third-order valence-corrected chi connectivity index (χ3v) is 4.43. The Morgan fingerprint density at radius 3 is 2.43 bits per heavy atom. The van der Waals surface area contributed by atoms with Gasteiger partial charge in [0.25, 0.3) is 6.33 Å². The molecule has 116 valence electrons. The Morgan fingerprint density at radius 2 is 1.74 bits per heavy atom. The molecule has 0 aliphatic carbocycles. The van der Waals surface area contributed by atoms with Crippen molar-refractivity contribution < 1.29 is 9.13 Å². The summed E-state index contributed by atoms with van der Waals surface area (Å²) in [4.78, 5) is 4.20. The van der Waals surface area contributed by atoms with E-state index >= 15 is 0 Å². The third kappa shape index (κ3) is 2.63. The molecule has 0 unspecified atom stereocenters. The van der Waals surface area contributed by atoms with Gasteiger partial charge in [0, 0.05) is 41.8 Å². The van der Waals surface area contributed by atoms with E-state index in [-0.39, 0.29) is 0 Å². The highest BCUT2D eigenvalue weighted by atomic mass is 15.0. The van der Waals surface area contributed by atoms with Gasteiger partial charge in [-0.3, -0.25) is 0 Å². The van der Waals surface area contributed by atoms with Gasteiger partial charge in [0.15, 0.2) is 11.9 Å². The molecule has 23 heavy (non-hydrogen) atoms. The van der Waals surface area contributed by atoms with Crippen molar-refractivity contribution in [2.45, 2.75) is 27.7 Å². The Morgan fingerprint density at radius 1 is 0.957 bits per heavy atom. The minimum atomic E-state index is 1.19. The fraction of sp³-hybridized carbons (Fsp3) is 0.250. The fourth-order valence-electron chi connectivity index (χ4n) is 3.41. The largest absolute Gasteiger partial charge is 0.286 e. The zero-order chi connectivity index (χ0) is 16.6. The summed E-state index contributed by atoms with van der Waals surface area (Å²) in [6.45, 7) is 8.72. The van der Waals surface area contributed by atoms with E-state index in [9.17, 15) is 0 Å². The zero-order valence-electron chi connectivity index (χ0n) is 14.5. The first-order valence-corrected chi connectivity index (χ1v) is 7.89. The molecular weight excluding hydrogens is 282 g/mol. The highest BCUT2D eigenvalue weighted by Crippen LogP contribution is 2.29. The predicted octanol–water partition coefficient (Wildman–Crippen LogP) is 3.08. The van der Waals surface area contributed by atoms with E-state index in [0.29, 0.717) is 0 Å². The van der Waals surface area contributed by atoms with Gasteiger partial charge in [-0.05, 0) is 32.4 Å². The van der Waals surface area contributed by atoms with E-state index < -0.39 is 0 Å². The van der Waals surface area contributed by atoms with Crippen LogP contribution >= 0.6 is 0 Å². The van der Waals surface area contributed by atoms with Crippen molar-refractivity contribution in [3.63, 3.8) is 0 Å². The average molecular weight is 305 g/mol. The van der Waals surface area contributed by atoms with E-state index in [2.05, 4.69) is 78.3 Å². The molecule has 3 aromatic rings. The summed E-state index contributed by atoms with van der Waals surface area (Å²) >= 11 is 0. The third-order valence-electron chi connectivity index (χ3n) is 4.43. The van der Waals surface area contributed by atoms with Gasteiger partial charge >= 0.3 is 0 Å². The molecular formula is C20H23N3+2. The standard InChI is InChI=1S/C20H23N3/c1-14-12-15(2)20(23-11-7-6-8-16(23)3)17(4)19(14)18-9-10-21-13-22(18)5/h6-13H,1-5H3/q+2. The summed E-state index contributed by atoms with van der Waals surface area (Å²) < 4.78 is 4.35. The summed E-state index contributed by atoms with van der Waals surface area (Å²) in [5, 5.41) is 0. The molecule has 0 N–H and O–H groups in total. The molecule has 0 spiro atoms. The van der Waals surface area contributed by atoms with Crippen molar-refractivity contribution in [3.05, 3.63) is 71.4 Å². The second-order valence-corrected chi connectivity index (χ2v) is 6.15. The minimum absolute atomic E-state index is 1.19. The van der Waals surface area contributed by atoms with Crippen LogP contribution in [0.4, 0.5) is 0 Å².